The van der Waals surface area contributed by atoms with Gasteiger partial charge in [0, 0.05) is 16.8 Å². The predicted octanol–water partition coefficient (Wildman–Crippen LogP) is 5.06. The fourth-order valence-electron chi connectivity index (χ4n) is 1.74. The molecule has 4 heteroatoms. The summed E-state index contributed by atoms with van der Waals surface area (Å²) in [7, 11) is 1.57. The van der Waals surface area contributed by atoms with E-state index in [1.165, 1.54) is 0 Å². The Balaban J connectivity index is 2.41. The van der Waals surface area contributed by atoms with Gasteiger partial charge in [0.2, 0.25) is 0 Å². The molecule has 0 amide bonds. The molecule has 0 spiro atoms. The fourth-order valence-corrected chi connectivity index (χ4v) is 2.33. The highest BCUT2D eigenvalue weighted by Gasteiger charge is 2.08. The first-order valence-corrected chi connectivity index (χ1v) is 6.50. The van der Waals surface area contributed by atoms with E-state index in [1.54, 1.807) is 25.5 Å². The maximum atomic E-state index is 6.08. The molecule has 0 unspecified atom stereocenters. The van der Waals surface area contributed by atoms with Gasteiger partial charge in [-0.2, -0.15) is 0 Å². The molecular weight excluding hydrogens is 281 g/mol. The van der Waals surface area contributed by atoms with Gasteiger partial charge in [0.1, 0.15) is 5.75 Å². The maximum Gasteiger partial charge on any atom is 0.146 e. The van der Waals surface area contributed by atoms with Gasteiger partial charge in [-0.05, 0) is 30.7 Å². The first kappa shape index (κ1) is 13.9. The van der Waals surface area contributed by atoms with Crippen LogP contribution in [0.4, 0.5) is 5.69 Å². The Morgan fingerprint density at radius 3 is 2.58 bits per heavy atom. The van der Waals surface area contributed by atoms with Crippen LogP contribution in [0.25, 0.3) is 0 Å². The molecule has 0 heterocycles. The Morgan fingerprint density at radius 2 is 1.89 bits per heavy atom. The van der Waals surface area contributed by atoms with E-state index in [4.69, 9.17) is 27.9 Å². The highest BCUT2D eigenvalue weighted by Crippen LogP contribution is 2.31. The van der Waals surface area contributed by atoms with Crippen molar-refractivity contribution in [3.8, 4) is 5.75 Å². The third-order valence-corrected chi connectivity index (χ3v) is 3.20. The van der Waals surface area contributed by atoms with Crippen molar-refractivity contribution in [3.05, 3.63) is 57.6 Å². The number of halogens is 2. The number of nitrogens with zero attached hydrogens (tertiary/aromatic N) is 1. The molecule has 2 aromatic rings. The molecule has 0 radical (unpaired) electrons. The van der Waals surface area contributed by atoms with Crippen LogP contribution < -0.4 is 4.74 Å². The number of ether oxygens (including phenoxy) is 1. The van der Waals surface area contributed by atoms with Gasteiger partial charge >= 0.3 is 0 Å². The molecule has 0 aliphatic carbocycles. The molecule has 0 saturated heterocycles. The SMILES string of the molecule is COc1c(Cl)cc(Cl)cc1C=Nc1ccccc1C. The van der Waals surface area contributed by atoms with E-state index in [9.17, 15) is 0 Å². The van der Waals surface area contributed by atoms with Crippen molar-refractivity contribution in [2.45, 2.75) is 6.92 Å². The minimum absolute atomic E-state index is 0.473. The van der Waals surface area contributed by atoms with Crippen LogP contribution >= 0.6 is 23.2 Å². The number of para-hydroxylation sites is 1. The first-order valence-electron chi connectivity index (χ1n) is 5.74. The van der Waals surface area contributed by atoms with Crippen LogP contribution in [0.15, 0.2) is 41.4 Å². The second-order valence-electron chi connectivity index (χ2n) is 4.05. The van der Waals surface area contributed by atoms with Crippen molar-refractivity contribution in [1.29, 1.82) is 0 Å². The van der Waals surface area contributed by atoms with E-state index in [1.807, 2.05) is 31.2 Å². The Labute approximate surface area is 122 Å². The second-order valence-corrected chi connectivity index (χ2v) is 4.90. The van der Waals surface area contributed by atoms with Gasteiger partial charge in [0.25, 0.3) is 0 Å². The lowest BCUT2D eigenvalue weighted by atomic mass is 10.2. The molecule has 2 aromatic carbocycles. The van der Waals surface area contributed by atoms with Crippen LogP contribution in [-0.4, -0.2) is 13.3 Å². The zero-order valence-corrected chi connectivity index (χ0v) is 12.2. The lowest BCUT2D eigenvalue weighted by Crippen LogP contribution is -1.92. The molecule has 19 heavy (non-hydrogen) atoms. The standard InChI is InChI=1S/C15H13Cl2NO/c1-10-5-3-4-6-14(10)18-9-11-7-12(16)8-13(17)15(11)19-2/h3-9H,1-2H3. The van der Waals surface area contributed by atoms with Gasteiger partial charge in [0.15, 0.2) is 0 Å². The first-order chi connectivity index (χ1) is 9.11. The number of methoxy groups -OCH3 is 1. The largest absolute Gasteiger partial charge is 0.495 e. The number of benzene rings is 2. The zero-order valence-electron chi connectivity index (χ0n) is 10.7. The Bertz CT molecular complexity index is 624. The lowest BCUT2D eigenvalue weighted by molar-refractivity contribution is 0.414. The third-order valence-electron chi connectivity index (χ3n) is 2.70. The highest BCUT2D eigenvalue weighted by atomic mass is 35.5. The summed E-state index contributed by atoms with van der Waals surface area (Å²) < 4.78 is 5.27. The summed E-state index contributed by atoms with van der Waals surface area (Å²) >= 11 is 12.1. The van der Waals surface area contributed by atoms with Gasteiger partial charge in [-0.1, -0.05) is 41.4 Å². The summed E-state index contributed by atoms with van der Waals surface area (Å²) in [6, 6.07) is 11.3. The molecule has 0 aliphatic heterocycles. The summed E-state index contributed by atoms with van der Waals surface area (Å²) in [6.07, 6.45) is 1.71. The van der Waals surface area contributed by atoms with E-state index in [0.29, 0.717) is 15.8 Å². The van der Waals surface area contributed by atoms with Crippen LogP contribution in [0.2, 0.25) is 10.0 Å². The third kappa shape index (κ3) is 3.28. The molecule has 0 saturated carbocycles. The summed E-state index contributed by atoms with van der Waals surface area (Å²) in [6.45, 7) is 2.01. The molecule has 0 aliphatic rings. The average Bonchev–Trinajstić information content (AvgIpc) is 2.37. The van der Waals surface area contributed by atoms with Gasteiger partial charge in [-0.25, -0.2) is 0 Å². The lowest BCUT2D eigenvalue weighted by Gasteiger charge is -2.07. The van der Waals surface area contributed by atoms with Crippen LogP contribution in [-0.2, 0) is 0 Å². The average molecular weight is 294 g/mol. The Morgan fingerprint density at radius 1 is 1.16 bits per heavy atom. The summed E-state index contributed by atoms with van der Waals surface area (Å²) in [5.41, 5.74) is 2.76. The normalized spacial score (nSPS) is 10.9. The quantitative estimate of drug-likeness (QED) is 0.725. The Hall–Kier alpha value is -1.51. The van der Waals surface area contributed by atoms with Crippen molar-refractivity contribution in [2.24, 2.45) is 4.99 Å². The summed E-state index contributed by atoms with van der Waals surface area (Å²) in [4.78, 5) is 4.44. The van der Waals surface area contributed by atoms with E-state index in [0.717, 1.165) is 16.8 Å². The number of aliphatic imine (C=N–C) groups is 1. The van der Waals surface area contributed by atoms with Crippen LogP contribution in [0.3, 0.4) is 0 Å². The molecule has 0 N–H and O–H groups in total. The predicted molar refractivity (Wildman–Crippen MR) is 81.4 cm³/mol. The molecule has 98 valence electrons. The summed E-state index contributed by atoms with van der Waals surface area (Å²) in [5.74, 6) is 0.573. The molecule has 2 rings (SSSR count). The van der Waals surface area contributed by atoms with Gasteiger partial charge in [-0.3, -0.25) is 4.99 Å². The Kier molecular flexibility index (Phi) is 4.46. The van der Waals surface area contributed by atoms with Crippen molar-refractivity contribution in [3.63, 3.8) is 0 Å². The zero-order chi connectivity index (χ0) is 13.8. The molecule has 0 fully saturated rings. The number of hydrogen-bond donors (Lipinski definition) is 0. The van der Waals surface area contributed by atoms with E-state index in [2.05, 4.69) is 4.99 Å². The van der Waals surface area contributed by atoms with Crippen molar-refractivity contribution >= 4 is 35.1 Å². The number of rotatable bonds is 3. The van der Waals surface area contributed by atoms with Gasteiger partial charge < -0.3 is 4.74 Å². The molecule has 0 atom stereocenters. The minimum Gasteiger partial charge on any atom is -0.495 e. The van der Waals surface area contributed by atoms with E-state index in [-0.39, 0.29) is 0 Å². The molecular formula is C15H13Cl2NO. The van der Waals surface area contributed by atoms with Gasteiger partial charge in [-0.15, -0.1) is 0 Å². The number of hydrogen-bond acceptors (Lipinski definition) is 2. The maximum absolute atomic E-state index is 6.08. The second kappa shape index (κ2) is 6.09. The fraction of sp³-hybridized carbons (Fsp3) is 0.133. The van der Waals surface area contributed by atoms with Crippen molar-refractivity contribution in [1.82, 2.24) is 0 Å². The number of aryl methyl sites for hydroxylation is 1. The monoisotopic (exact) mass is 293 g/mol. The van der Waals surface area contributed by atoms with Crippen LogP contribution in [0.5, 0.6) is 5.75 Å². The van der Waals surface area contributed by atoms with E-state index < -0.39 is 0 Å². The van der Waals surface area contributed by atoms with Crippen molar-refractivity contribution in [2.75, 3.05) is 7.11 Å². The molecule has 0 bridgehead atoms. The molecule has 0 aromatic heterocycles. The topological polar surface area (TPSA) is 21.6 Å². The highest BCUT2D eigenvalue weighted by molar-refractivity contribution is 6.36. The van der Waals surface area contributed by atoms with Crippen molar-refractivity contribution < 1.29 is 4.74 Å². The van der Waals surface area contributed by atoms with Crippen LogP contribution in [0, 0.1) is 6.92 Å². The van der Waals surface area contributed by atoms with Gasteiger partial charge in [0.05, 0.1) is 17.8 Å². The van der Waals surface area contributed by atoms with Crippen LogP contribution in [0.1, 0.15) is 11.1 Å². The summed E-state index contributed by atoms with van der Waals surface area (Å²) in [5, 5.41) is 1.03. The minimum atomic E-state index is 0.473. The van der Waals surface area contributed by atoms with E-state index >= 15 is 0 Å². The molecule has 2 nitrogen and oxygen atoms in total. The smallest absolute Gasteiger partial charge is 0.146 e.